The van der Waals surface area contributed by atoms with Crippen molar-refractivity contribution in [1.29, 1.82) is 5.26 Å². The maximum Gasteiger partial charge on any atom is 0.131 e. The molecule has 2 aromatic rings. The Morgan fingerprint density at radius 2 is 2.18 bits per heavy atom. The molecule has 0 aliphatic carbocycles. The minimum absolute atomic E-state index is 0.598. The van der Waals surface area contributed by atoms with Gasteiger partial charge in [-0.1, -0.05) is 25.1 Å². The summed E-state index contributed by atoms with van der Waals surface area (Å²) in [5, 5.41) is 9.06. The highest BCUT2D eigenvalue weighted by Crippen LogP contribution is 2.27. The van der Waals surface area contributed by atoms with E-state index >= 15 is 0 Å². The molecule has 0 atom stereocenters. The summed E-state index contributed by atoms with van der Waals surface area (Å²) in [4.78, 5) is 4.30. The lowest BCUT2D eigenvalue weighted by Crippen LogP contribution is -2.01. The SMILES string of the molecule is CCCn1cnc(-c2ccccc2C#N)c1N. The number of nitrogens with two attached hydrogens (primary N) is 1. The van der Waals surface area contributed by atoms with Crippen molar-refractivity contribution in [2.75, 3.05) is 5.73 Å². The van der Waals surface area contributed by atoms with Gasteiger partial charge in [-0.05, 0) is 12.5 Å². The van der Waals surface area contributed by atoms with Crippen LogP contribution in [0.2, 0.25) is 0 Å². The fourth-order valence-corrected chi connectivity index (χ4v) is 1.81. The summed E-state index contributed by atoms with van der Waals surface area (Å²) in [5.74, 6) is 0.620. The molecular weight excluding hydrogens is 212 g/mol. The van der Waals surface area contributed by atoms with Gasteiger partial charge in [0.25, 0.3) is 0 Å². The Labute approximate surface area is 100 Å². The van der Waals surface area contributed by atoms with E-state index in [1.807, 2.05) is 22.8 Å². The summed E-state index contributed by atoms with van der Waals surface area (Å²) in [7, 11) is 0. The Bertz CT molecular complexity index is 563. The number of rotatable bonds is 3. The second-order valence-corrected chi connectivity index (χ2v) is 3.83. The molecule has 0 aliphatic rings. The third kappa shape index (κ3) is 2.00. The maximum atomic E-state index is 9.06. The summed E-state index contributed by atoms with van der Waals surface area (Å²) in [6.45, 7) is 2.93. The number of aryl methyl sites for hydroxylation is 1. The number of hydrogen-bond donors (Lipinski definition) is 1. The second kappa shape index (κ2) is 4.71. The maximum absolute atomic E-state index is 9.06. The van der Waals surface area contributed by atoms with Gasteiger partial charge in [0, 0.05) is 12.1 Å². The van der Waals surface area contributed by atoms with Gasteiger partial charge in [0.1, 0.15) is 11.5 Å². The third-order valence-electron chi connectivity index (χ3n) is 2.65. The first-order valence-electron chi connectivity index (χ1n) is 5.58. The molecule has 0 bridgehead atoms. The topological polar surface area (TPSA) is 67.6 Å². The highest BCUT2D eigenvalue weighted by atomic mass is 15.1. The summed E-state index contributed by atoms with van der Waals surface area (Å²) in [5.41, 5.74) is 8.12. The Morgan fingerprint density at radius 3 is 2.88 bits per heavy atom. The van der Waals surface area contributed by atoms with Crippen molar-refractivity contribution >= 4 is 5.82 Å². The molecule has 2 rings (SSSR count). The van der Waals surface area contributed by atoms with Crippen molar-refractivity contribution in [3.63, 3.8) is 0 Å². The Morgan fingerprint density at radius 1 is 1.41 bits per heavy atom. The molecule has 0 saturated carbocycles. The monoisotopic (exact) mass is 226 g/mol. The summed E-state index contributed by atoms with van der Waals surface area (Å²) in [6, 6.07) is 9.52. The lowest BCUT2D eigenvalue weighted by atomic mass is 10.1. The van der Waals surface area contributed by atoms with Crippen LogP contribution in [-0.4, -0.2) is 9.55 Å². The van der Waals surface area contributed by atoms with Gasteiger partial charge in [-0.2, -0.15) is 5.26 Å². The molecule has 0 fully saturated rings. The van der Waals surface area contributed by atoms with E-state index in [0.29, 0.717) is 17.1 Å². The van der Waals surface area contributed by atoms with Crippen molar-refractivity contribution in [2.45, 2.75) is 19.9 Å². The van der Waals surface area contributed by atoms with Crippen LogP contribution in [0.3, 0.4) is 0 Å². The van der Waals surface area contributed by atoms with Crippen LogP contribution in [-0.2, 0) is 6.54 Å². The van der Waals surface area contributed by atoms with Gasteiger partial charge in [0.05, 0.1) is 18.0 Å². The zero-order chi connectivity index (χ0) is 12.3. The first-order chi connectivity index (χ1) is 8.27. The molecule has 1 aromatic carbocycles. The molecule has 0 unspecified atom stereocenters. The van der Waals surface area contributed by atoms with Crippen molar-refractivity contribution in [3.05, 3.63) is 36.2 Å². The number of nitriles is 1. The van der Waals surface area contributed by atoms with Crippen molar-refractivity contribution < 1.29 is 0 Å². The van der Waals surface area contributed by atoms with E-state index in [4.69, 9.17) is 11.0 Å². The lowest BCUT2D eigenvalue weighted by Gasteiger charge is -2.04. The summed E-state index contributed by atoms with van der Waals surface area (Å²) >= 11 is 0. The van der Waals surface area contributed by atoms with E-state index in [-0.39, 0.29) is 0 Å². The van der Waals surface area contributed by atoms with E-state index in [0.717, 1.165) is 18.5 Å². The predicted octanol–water partition coefficient (Wildman–Crippen LogP) is 2.41. The molecule has 2 N–H and O–H groups in total. The standard InChI is InChI=1S/C13H14N4/c1-2-7-17-9-16-12(13(17)15)11-6-4-3-5-10(11)8-14/h3-6,9H,2,7,15H2,1H3. The Hall–Kier alpha value is -2.28. The zero-order valence-electron chi connectivity index (χ0n) is 9.72. The average molecular weight is 226 g/mol. The van der Waals surface area contributed by atoms with Crippen LogP contribution in [0, 0.1) is 11.3 Å². The van der Waals surface area contributed by atoms with Crippen LogP contribution >= 0.6 is 0 Å². The molecule has 1 heterocycles. The van der Waals surface area contributed by atoms with Gasteiger partial charge in [-0.25, -0.2) is 4.98 Å². The molecule has 17 heavy (non-hydrogen) atoms. The van der Waals surface area contributed by atoms with Crippen molar-refractivity contribution in [1.82, 2.24) is 9.55 Å². The fourth-order valence-electron chi connectivity index (χ4n) is 1.81. The van der Waals surface area contributed by atoms with E-state index in [1.165, 1.54) is 0 Å². The first-order valence-corrected chi connectivity index (χ1v) is 5.58. The van der Waals surface area contributed by atoms with Crippen LogP contribution in [0.1, 0.15) is 18.9 Å². The zero-order valence-corrected chi connectivity index (χ0v) is 9.72. The molecule has 0 radical (unpaired) electrons. The quantitative estimate of drug-likeness (QED) is 0.873. The van der Waals surface area contributed by atoms with E-state index in [2.05, 4.69) is 18.0 Å². The van der Waals surface area contributed by atoms with Gasteiger partial charge >= 0.3 is 0 Å². The Balaban J connectivity index is 2.51. The number of nitrogens with zero attached hydrogens (tertiary/aromatic N) is 3. The number of benzene rings is 1. The van der Waals surface area contributed by atoms with Gasteiger partial charge < -0.3 is 10.3 Å². The van der Waals surface area contributed by atoms with Gasteiger partial charge in [0.2, 0.25) is 0 Å². The van der Waals surface area contributed by atoms with Crippen LogP contribution in [0.4, 0.5) is 5.82 Å². The molecule has 0 saturated heterocycles. The summed E-state index contributed by atoms with van der Waals surface area (Å²) in [6.07, 6.45) is 2.72. The number of aromatic nitrogens is 2. The smallest absolute Gasteiger partial charge is 0.131 e. The van der Waals surface area contributed by atoms with E-state index in [1.54, 1.807) is 12.4 Å². The van der Waals surface area contributed by atoms with Crippen molar-refractivity contribution in [3.8, 4) is 17.3 Å². The molecule has 4 nitrogen and oxygen atoms in total. The second-order valence-electron chi connectivity index (χ2n) is 3.83. The first kappa shape index (κ1) is 11.2. The molecular formula is C13H14N4. The molecule has 1 aromatic heterocycles. The van der Waals surface area contributed by atoms with Crippen LogP contribution < -0.4 is 5.73 Å². The normalized spacial score (nSPS) is 10.1. The largest absolute Gasteiger partial charge is 0.383 e. The predicted molar refractivity (Wildman–Crippen MR) is 67.1 cm³/mol. The average Bonchev–Trinajstić information content (AvgIpc) is 2.72. The minimum atomic E-state index is 0.598. The van der Waals surface area contributed by atoms with Gasteiger partial charge in [-0.3, -0.25) is 0 Å². The van der Waals surface area contributed by atoms with Gasteiger partial charge in [-0.15, -0.1) is 0 Å². The number of nitrogen functional groups attached to an aromatic ring is 1. The molecule has 0 spiro atoms. The van der Waals surface area contributed by atoms with Crippen molar-refractivity contribution in [2.24, 2.45) is 0 Å². The minimum Gasteiger partial charge on any atom is -0.383 e. The summed E-state index contributed by atoms with van der Waals surface area (Å²) < 4.78 is 1.91. The van der Waals surface area contributed by atoms with E-state index < -0.39 is 0 Å². The lowest BCUT2D eigenvalue weighted by molar-refractivity contribution is 0.686. The molecule has 4 heteroatoms. The highest BCUT2D eigenvalue weighted by molar-refractivity contribution is 5.75. The molecule has 0 amide bonds. The highest BCUT2D eigenvalue weighted by Gasteiger charge is 2.12. The number of hydrogen-bond acceptors (Lipinski definition) is 3. The number of anilines is 1. The molecule has 0 aliphatic heterocycles. The fraction of sp³-hybridized carbons (Fsp3) is 0.231. The van der Waals surface area contributed by atoms with Crippen LogP contribution in [0.15, 0.2) is 30.6 Å². The Kier molecular flexibility index (Phi) is 3.10. The van der Waals surface area contributed by atoms with Crippen LogP contribution in [0.25, 0.3) is 11.3 Å². The van der Waals surface area contributed by atoms with Crippen LogP contribution in [0.5, 0.6) is 0 Å². The molecule has 86 valence electrons. The third-order valence-corrected chi connectivity index (χ3v) is 2.65. The number of imidazole rings is 1. The van der Waals surface area contributed by atoms with Gasteiger partial charge in [0.15, 0.2) is 0 Å². The van der Waals surface area contributed by atoms with E-state index in [9.17, 15) is 0 Å².